The average Bonchev–Trinajstić information content (AvgIpc) is 3.38. The Morgan fingerprint density at radius 1 is 1.38 bits per heavy atom. The molecule has 8 heteroatoms. The molecule has 1 fully saturated rings. The van der Waals surface area contributed by atoms with Crippen molar-refractivity contribution in [3.05, 3.63) is 51.6 Å². The molecule has 0 bridgehead atoms. The fraction of sp³-hybridized carbons (Fsp3) is 0.222. The van der Waals surface area contributed by atoms with E-state index >= 15 is 0 Å². The van der Waals surface area contributed by atoms with Crippen molar-refractivity contribution in [1.29, 1.82) is 5.26 Å². The lowest BCUT2D eigenvalue weighted by atomic mass is 10.2. The Bertz CT molecular complexity index is 1090. The second kappa shape index (κ2) is 6.94. The standard InChI is InChI=1S/C18H14N4O2S2/c19-9-11-7-8-25-16(11)21-15(23)10-26-18-20-14-4-2-1-3-13(14)17(24)22(18)12-5-6-12/h1-4,7-8,12H,5-6,10H2,(H,21,23). The molecule has 1 aliphatic rings. The molecular formula is C18H14N4O2S2. The molecule has 0 aliphatic heterocycles. The Labute approximate surface area is 157 Å². The van der Waals surface area contributed by atoms with Gasteiger partial charge >= 0.3 is 0 Å². The van der Waals surface area contributed by atoms with Gasteiger partial charge in [-0.2, -0.15) is 5.26 Å². The van der Waals surface area contributed by atoms with Gasteiger partial charge in [0.15, 0.2) is 5.16 Å². The molecule has 1 aliphatic carbocycles. The fourth-order valence-electron chi connectivity index (χ4n) is 2.67. The molecule has 6 nitrogen and oxygen atoms in total. The molecule has 1 saturated carbocycles. The third-order valence-electron chi connectivity index (χ3n) is 4.06. The molecule has 0 atom stereocenters. The summed E-state index contributed by atoms with van der Waals surface area (Å²) >= 11 is 2.56. The van der Waals surface area contributed by atoms with Crippen LogP contribution in [-0.2, 0) is 4.79 Å². The highest BCUT2D eigenvalue weighted by atomic mass is 32.2. The third-order valence-corrected chi connectivity index (χ3v) is 5.84. The maximum atomic E-state index is 12.8. The summed E-state index contributed by atoms with van der Waals surface area (Å²) in [6, 6.07) is 11.2. The fourth-order valence-corrected chi connectivity index (χ4v) is 4.29. The number of anilines is 1. The van der Waals surface area contributed by atoms with Crippen LogP contribution in [-0.4, -0.2) is 21.2 Å². The number of carbonyl (C=O) groups is 1. The quantitative estimate of drug-likeness (QED) is 0.540. The van der Waals surface area contributed by atoms with Crippen LogP contribution in [0.5, 0.6) is 0 Å². The summed E-state index contributed by atoms with van der Waals surface area (Å²) in [6.45, 7) is 0. The van der Waals surface area contributed by atoms with E-state index in [1.165, 1.54) is 23.1 Å². The van der Waals surface area contributed by atoms with Gasteiger partial charge in [-0.1, -0.05) is 23.9 Å². The number of para-hydroxylation sites is 1. The predicted octanol–water partition coefficient (Wildman–Crippen LogP) is 3.40. The van der Waals surface area contributed by atoms with Gasteiger partial charge in [-0.15, -0.1) is 11.3 Å². The van der Waals surface area contributed by atoms with Crippen LogP contribution < -0.4 is 10.9 Å². The van der Waals surface area contributed by atoms with Gasteiger partial charge in [-0.3, -0.25) is 14.2 Å². The van der Waals surface area contributed by atoms with E-state index in [2.05, 4.69) is 10.3 Å². The van der Waals surface area contributed by atoms with Crippen molar-refractivity contribution in [2.45, 2.75) is 24.0 Å². The number of thiophene rings is 1. The summed E-state index contributed by atoms with van der Waals surface area (Å²) in [7, 11) is 0. The molecule has 0 saturated heterocycles. The van der Waals surface area contributed by atoms with Crippen LogP contribution in [0.15, 0.2) is 45.7 Å². The first-order chi connectivity index (χ1) is 12.7. The average molecular weight is 382 g/mol. The molecule has 4 rings (SSSR count). The Balaban J connectivity index is 1.57. The van der Waals surface area contributed by atoms with Crippen molar-refractivity contribution < 1.29 is 4.79 Å². The molecule has 1 N–H and O–H groups in total. The van der Waals surface area contributed by atoms with Gasteiger partial charge < -0.3 is 5.32 Å². The summed E-state index contributed by atoms with van der Waals surface area (Å²) in [4.78, 5) is 29.6. The number of amides is 1. The van der Waals surface area contributed by atoms with E-state index in [1.807, 2.05) is 24.3 Å². The zero-order valence-corrected chi connectivity index (χ0v) is 15.3. The van der Waals surface area contributed by atoms with Gasteiger partial charge in [-0.25, -0.2) is 4.98 Å². The monoisotopic (exact) mass is 382 g/mol. The van der Waals surface area contributed by atoms with Gasteiger partial charge in [0.1, 0.15) is 11.1 Å². The first-order valence-electron chi connectivity index (χ1n) is 8.09. The molecule has 3 aromatic rings. The van der Waals surface area contributed by atoms with Gasteiger partial charge in [0.2, 0.25) is 5.91 Å². The molecule has 1 aromatic carbocycles. The van der Waals surface area contributed by atoms with Gasteiger partial charge in [0.25, 0.3) is 5.56 Å². The SMILES string of the molecule is N#Cc1ccsc1NC(=O)CSc1nc2ccccc2c(=O)n1C1CC1. The lowest BCUT2D eigenvalue weighted by molar-refractivity contribution is -0.113. The number of hydrogen-bond donors (Lipinski definition) is 1. The molecular weight excluding hydrogens is 368 g/mol. The summed E-state index contributed by atoms with van der Waals surface area (Å²) in [5.41, 5.74) is 1.04. The van der Waals surface area contributed by atoms with Crippen LogP contribution in [0.25, 0.3) is 10.9 Å². The Kier molecular flexibility index (Phi) is 4.49. The highest BCUT2D eigenvalue weighted by molar-refractivity contribution is 7.99. The molecule has 0 unspecified atom stereocenters. The number of nitrogens with zero attached hydrogens (tertiary/aromatic N) is 3. The lowest BCUT2D eigenvalue weighted by Gasteiger charge is -2.12. The molecule has 26 heavy (non-hydrogen) atoms. The first kappa shape index (κ1) is 16.8. The van der Waals surface area contributed by atoms with E-state index in [-0.39, 0.29) is 23.3 Å². The number of aromatic nitrogens is 2. The summed E-state index contributed by atoms with van der Waals surface area (Å²) in [5.74, 6) is -0.0982. The largest absolute Gasteiger partial charge is 0.316 e. The van der Waals surface area contributed by atoms with Gasteiger partial charge in [0, 0.05) is 6.04 Å². The number of nitriles is 1. The van der Waals surface area contributed by atoms with Crippen LogP contribution in [0.1, 0.15) is 24.4 Å². The maximum absolute atomic E-state index is 12.8. The van der Waals surface area contributed by atoms with E-state index in [0.29, 0.717) is 26.6 Å². The number of nitrogens with one attached hydrogen (secondary N) is 1. The lowest BCUT2D eigenvalue weighted by Crippen LogP contribution is -2.23. The maximum Gasteiger partial charge on any atom is 0.262 e. The van der Waals surface area contributed by atoms with Gasteiger partial charge in [-0.05, 0) is 36.4 Å². The second-order valence-electron chi connectivity index (χ2n) is 5.93. The van der Waals surface area contributed by atoms with Crippen LogP contribution in [0.2, 0.25) is 0 Å². The third kappa shape index (κ3) is 3.23. The minimum absolute atomic E-state index is 0.0500. The summed E-state index contributed by atoms with van der Waals surface area (Å²) in [6.07, 6.45) is 1.92. The summed E-state index contributed by atoms with van der Waals surface area (Å²) in [5, 5.41) is 15.2. The molecule has 2 aromatic heterocycles. The van der Waals surface area contributed by atoms with Crippen molar-refractivity contribution in [3.8, 4) is 6.07 Å². The number of fused-ring (bicyclic) bond motifs is 1. The number of benzene rings is 1. The van der Waals surface area contributed by atoms with Crippen molar-refractivity contribution in [1.82, 2.24) is 9.55 Å². The highest BCUT2D eigenvalue weighted by Gasteiger charge is 2.28. The molecule has 130 valence electrons. The van der Waals surface area contributed by atoms with E-state index in [9.17, 15) is 9.59 Å². The molecule has 0 radical (unpaired) electrons. The Hall–Kier alpha value is -2.63. The highest BCUT2D eigenvalue weighted by Crippen LogP contribution is 2.36. The van der Waals surface area contributed by atoms with Crippen molar-refractivity contribution in [3.63, 3.8) is 0 Å². The summed E-state index contributed by atoms with van der Waals surface area (Å²) < 4.78 is 1.71. The van der Waals surface area contributed by atoms with Crippen molar-refractivity contribution in [2.75, 3.05) is 11.1 Å². The normalized spacial score (nSPS) is 13.5. The van der Waals surface area contributed by atoms with Crippen molar-refractivity contribution >= 4 is 44.9 Å². The zero-order valence-electron chi connectivity index (χ0n) is 13.6. The topological polar surface area (TPSA) is 87.8 Å². The van der Waals surface area contributed by atoms with E-state index < -0.39 is 0 Å². The first-order valence-corrected chi connectivity index (χ1v) is 9.95. The second-order valence-corrected chi connectivity index (χ2v) is 7.79. The minimum Gasteiger partial charge on any atom is -0.316 e. The Morgan fingerprint density at radius 3 is 2.96 bits per heavy atom. The van der Waals surface area contributed by atoms with E-state index in [4.69, 9.17) is 5.26 Å². The minimum atomic E-state index is -0.223. The smallest absolute Gasteiger partial charge is 0.262 e. The van der Waals surface area contributed by atoms with Crippen molar-refractivity contribution in [2.24, 2.45) is 0 Å². The Morgan fingerprint density at radius 2 is 2.19 bits per heavy atom. The van der Waals surface area contributed by atoms with Gasteiger partial charge in [0.05, 0.1) is 22.2 Å². The van der Waals surface area contributed by atoms with Crippen LogP contribution in [0.4, 0.5) is 5.00 Å². The van der Waals surface area contributed by atoms with E-state index in [0.717, 1.165) is 12.8 Å². The molecule has 0 spiro atoms. The number of rotatable bonds is 5. The van der Waals surface area contributed by atoms with Crippen LogP contribution >= 0.6 is 23.1 Å². The predicted molar refractivity (Wildman–Crippen MR) is 103 cm³/mol. The number of carbonyl (C=O) groups excluding carboxylic acids is 1. The van der Waals surface area contributed by atoms with Crippen LogP contribution in [0.3, 0.4) is 0 Å². The van der Waals surface area contributed by atoms with E-state index in [1.54, 1.807) is 22.1 Å². The molecule has 1 amide bonds. The number of thioether (sulfide) groups is 1. The zero-order chi connectivity index (χ0) is 18.1. The number of hydrogen-bond acceptors (Lipinski definition) is 6. The molecule has 2 heterocycles. The van der Waals surface area contributed by atoms with Crippen LogP contribution in [0, 0.1) is 11.3 Å².